The van der Waals surface area contributed by atoms with E-state index in [0.29, 0.717) is 5.56 Å². The summed E-state index contributed by atoms with van der Waals surface area (Å²) < 4.78 is 0. The summed E-state index contributed by atoms with van der Waals surface area (Å²) in [5.41, 5.74) is 3.67. The average Bonchev–Trinajstić information content (AvgIpc) is 2.83. The van der Waals surface area contributed by atoms with Gasteiger partial charge in [0.25, 0.3) is 0 Å². The molecule has 0 saturated heterocycles. The van der Waals surface area contributed by atoms with Crippen molar-refractivity contribution in [2.24, 2.45) is 0 Å². The molecule has 2 aromatic rings. The topological polar surface area (TPSA) is 53.4 Å². The van der Waals surface area contributed by atoms with Crippen molar-refractivity contribution in [3.63, 3.8) is 0 Å². The smallest absolute Gasteiger partial charge is 0.335 e. The fourth-order valence-electron chi connectivity index (χ4n) is 2.71. The van der Waals surface area contributed by atoms with Gasteiger partial charge in [-0.25, -0.2) is 9.78 Å². The first-order valence-electron chi connectivity index (χ1n) is 6.61. The predicted octanol–water partition coefficient (Wildman–Crippen LogP) is 2.71. The summed E-state index contributed by atoms with van der Waals surface area (Å²) >= 11 is 1.67. The minimum atomic E-state index is -0.828. The maximum Gasteiger partial charge on any atom is 0.335 e. The highest BCUT2D eigenvalue weighted by atomic mass is 32.1. The third-order valence-corrected chi connectivity index (χ3v) is 4.45. The number of benzene rings is 1. The number of thiazole rings is 1. The molecule has 0 radical (unpaired) electrons. The van der Waals surface area contributed by atoms with E-state index in [9.17, 15) is 9.90 Å². The third-order valence-electron chi connectivity index (χ3n) is 3.63. The summed E-state index contributed by atoms with van der Waals surface area (Å²) in [5.74, 6) is -0.828. The number of aryl methyl sites for hydroxylation is 1. The van der Waals surface area contributed by atoms with Crippen LogP contribution in [-0.2, 0) is 19.5 Å². The molecule has 5 heteroatoms. The fourth-order valence-corrected chi connectivity index (χ4v) is 3.32. The molecule has 0 aliphatic carbocycles. The first kappa shape index (κ1) is 13.3. The Morgan fingerprint density at radius 2 is 2.35 bits per heavy atom. The van der Waals surface area contributed by atoms with E-state index >= 15 is 0 Å². The van der Waals surface area contributed by atoms with Gasteiger partial charge < -0.3 is 5.11 Å². The van der Waals surface area contributed by atoms with Crippen molar-refractivity contribution < 1.29 is 9.90 Å². The monoisotopic (exact) mass is 288 g/mol. The number of nitrogens with zero attached hydrogens (tertiary/aromatic N) is 2. The second kappa shape index (κ2) is 5.34. The van der Waals surface area contributed by atoms with Gasteiger partial charge in [-0.1, -0.05) is 12.1 Å². The van der Waals surface area contributed by atoms with E-state index in [0.717, 1.165) is 47.9 Å². The molecule has 104 valence electrons. The summed E-state index contributed by atoms with van der Waals surface area (Å²) in [7, 11) is 0. The Bertz CT molecular complexity index is 651. The van der Waals surface area contributed by atoms with Gasteiger partial charge in [-0.15, -0.1) is 11.3 Å². The molecule has 1 aromatic carbocycles. The van der Waals surface area contributed by atoms with E-state index in [1.165, 1.54) is 0 Å². The molecular formula is C15H16N2O2S. The number of aromatic carboxylic acids is 1. The minimum absolute atomic E-state index is 0.451. The van der Waals surface area contributed by atoms with Gasteiger partial charge in [0.15, 0.2) is 0 Å². The van der Waals surface area contributed by atoms with Crippen LogP contribution in [0.3, 0.4) is 0 Å². The van der Waals surface area contributed by atoms with Crippen molar-refractivity contribution in [3.05, 3.63) is 51.0 Å². The van der Waals surface area contributed by atoms with Gasteiger partial charge in [0.1, 0.15) is 0 Å². The van der Waals surface area contributed by atoms with Crippen molar-refractivity contribution in [2.45, 2.75) is 26.4 Å². The Morgan fingerprint density at radius 1 is 1.50 bits per heavy atom. The standard InChI is InChI=1S/C15H16N2O2S/c1-10-16-12(9-20-10)8-17-6-5-13-11(7-17)3-2-4-14(13)15(18)19/h2-4,9H,5-8H2,1H3,(H,18,19). The Morgan fingerprint density at radius 3 is 3.05 bits per heavy atom. The number of aromatic nitrogens is 1. The van der Waals surface area contributed by atoms with E-state index < -0.39 is 5.97 Å². The second-order valence-electron chi connectivity index (χ2n) is 5.07. The van der Waals surface area contributed by atoms with Crippen LogP contribution >= 0.6 is 11.3 Å². The highest BCUT2D eigenvalue weighted by Gasteiger charge is 2.21. The summed E-state index contributed by atoms with van der Waals surface area (Å²) in [6.45, 7) is 4.53. The molecule has 2 heterocycles. The number of hydrogen-bond acceptors (Lipinski definition) is 4. The molecule has 0 spiro atoms. The Labute approximate surface area is 121 Å². The maximum absolute atomic E-state index is 11.2. The molecule has 4 nitrogen and oxygen atoms in total. The summed E-state index contributed by atoms with van der Waals surface area (Å²) in [6.07, 6.45) is 0.793. The third kappa shape index (κ3) is 2.59. The van der Waals surface area contributed by atoms with Crippen LogP contribution in [-0.4, -0.2) is 27.5 Å². The lowest BCUT2D eigenvalue weighted by atomic mass is 9.94. The van der Waals surface area contributed by atoms with Gasteiger partial charge in [-0.3, -0.25) is 4.90 Å². The summed E-state index contributed by atoms with van der Waals surface area (Å²) in [6, 6.07) is 5.56. The van der Waals surface area contributed by atoms with Crippen molar-refractivity contribution in [1.82, 2.24) is 9.88 Å². The Kier molecular flexibility index (Phi) is 3.54. The quantitative estimate of drug-likeness (QED) is 0.943. The largest absolute Gasteiger partial charge is 0.478 e. The zero-order valence-corrected chi connectivity index (χ0v) is 12.1. The molecule has 20 heavy (non-hydrogen) atoms. The number of carboxylic acids is 1. The number of rotatable bonds is 3. The number of carboxylic acid groups (broad SMARTS) is 1. The van der Waals surface area contributed by atoms with Crippen LogP contribution in [0.25, 0.3) is 0 Å². The lowest BCUT2D eigenvalue weighted by Gasteiger charge is -2.28. The fraction of sp³-hybridized carbons (Fsp3) is 0.333. The van der Waals surface area contributed by atoms with Gasteiger partial charge in [0, 0.05) is 25.0 Å². The number of hydrogen-bond donors (Lipinski definition) is 1. The van der Waals surface area contributed by atoms with Gasteiger partial charge in [-0.05, 0) is 30.5 Å². The number of carbonyl (C=O) groups is 1. The van der Waals surface area contributed by atoms with E-state index in [1.807, 2.05) is 19.1 Å². The van der Waals surface area contributed by atoms with Gasteiger partial charge in [0.05, 0.1) is 16.3 Å². The maximum atomic E-state index is 11.2. The number of fused-ring (bicyclic) bond motifs is 1. The van der Waals surface area contributed by atoms with Crippen LogP contribution in [0.4, 0.5) is 0 Å². The average molecular weight is 288 g/mol. The van der Waals surface area contributed by atoms with Crippen LogP contribution in [0.2, 0.25) is 0 Å². The molecule has 0 saturated carbocycles. The molecule has 3 rings (SSSR count). The highest BCUT2D eigenvalue weighted by molar-refractivity contribution is 7.09. The molecule has 1 N–H and O–H groups in total. The molecule has 0 fully saturated rings. The summed E-state index contributed by atoms with van der Waals surface area (Å²) in [5, 5.41) is 12.4. The zero-order chi connectivity index (χ0) is 14.1. The highest BCUT2D eigenvalue weighted by Crippen LogP contribution is 2.24. The van der Waals surface area contributed by atoms with Crippen LogP contribution in [0.1, 0.15) is 32.2 Å². The molecule has 1 aromatic heterocycles. The van der Waals surface area contributed by atoms with Crippen molar-refractivity contribution in [1.29, 1.82) is 0 Å². The molecule has 1 aliphatic heterocycles. The molecule has 0 bridgehead atoms. The normalized spacial score (nSPS) is 15.1. The van der Waals surface area contributed by atoms with Gasteiger partial charge in [0.2, 0.25) is 0 Å². The van der Waals surface area contributed by atoms with Crippen molar-refractivity contribution in [2.75, 3.05) is 6.54 Å². The predicted molar refractivity (Wildman–Crippen MR) is 78.1 cm³/mol. The van der Waals surface area contributed by atoms with E-state index in [4.69, 9.17) is 0 Å². The molecule has 0 amide bonds. The van der Waals surface area contributed by atoms with E-state index in [2.05, 4.69) is 15.3 Å². The van der Waals surface area contributed by atoms with Crippen LogP contribution in [0.5, 0.6) is 0 Å². The zero-order valence-electron chi connectivity index (χ0n) is 11.3. The molecule has 0 atom stereocenters. The molecule has 0 unspecified atom stereocenters. The van der Waals surface area contributed by atoms with Crippen LogP contribution < -0.4 is 0 Å². The van der Waals surface area contributed by atoms with Crippen LogP contribution in [0.15, 0.2) is 23.6 Å². The molecular weight excluding hydrogens is 272 g/mol. The van der Waals surface area contributed by atoms with Gasteiger partial charge in [-0.2, -0.15) is 0 Å². The Hall–Kier alpha value is -1.72. The molecule has 1 aliphatic rings. The van der Waals surface area contributed by atoms with Crippen molar-refractivity contribution >= 4 is 17.3 Å². The van der Waals surface area contributed by atoms with Crippen LogP contribution in [0, 0.1) is 6.92 Å². The first-order chi connectivity index (χ1) is 9.63. The first-order valence-corrected chi connectivity index (χ1v) is 7.49. The van der Waals surface area contributed by atoms with Crippen molar-refractivity contribution in [3.8, 4) is 0 Å². The second-order valence-corrected chi connectivity index (χ2v) is 6.13. The van der Waals surface area contributed by atoms with Gasteiger partial charge >= 0.3 is 5.97 Å². The summed E-state index contributed by atoms with van der Waals surface area (Å²) in [4.78, 5) is 18.0. The minimum Gasteiger partial charge on any atom is -0.478 e. The lowest BCUT2D eigenvalue weighted by molar-refractivity contribution is 0.0694. The lowest BCUT2D eigenvalue weighted by Crippen LogP contribution is -2.31. The SMILES string of the molecule is Cc1nc(CN2CCc3c(cccc3C(=O)O)C2)cs1. The van der Waals surface area contributed by atoms with E-state index in [1.54, 1.807) is 17.4 Å². The van der Waals surface area contributed by atoms with E-state index in [-0.39, 0.29) is 0 Å². The Balaban J connectivity index is 1.79.